The molecule has 0 aliphatic rings. The summed E-state index contributed by atoms with van der Waals surface area (Å²) < 4.78 is 4.80. The minimum Gasteiger partial charge on any atom is -0.384 e. The van der Waals surface area contributed by atoms with E-state index in [-0.39, 0.29) is 6.03 Å². The Bertz CT molecular complexity index is 343. The molecule has 1 aromatic rings. The summed E-state index contributed by atoms with van der Waals surface area (Å²) in [6, 6.07) is 5.04. The van der Waals surface area contributed by atoms with Crippen molar-refractivity contribution in [3.05, 3.63) is 23.9 Å². The Morgan fingerprint density at radius 3 is 3.00 bits per heavy atom. The van der Waals surface area contributed by atoms with Gasteiger partial charge in [0.25, 0.3) is 0 Å². The number of amides is 2. The fourth-order valence-electron chi connectivity index (χ4n) is 1.10. The smallest absolute Gasteiger partial charge is 0.315 e. The third-order valence-corrected chi connectivity index (χ3v) is 1.85. The van der Waals surface area contributed by atoms with Crippen molar-refractivity contribution in [3.63, 3.8) is 0 Å². The Hall–Kier alpha value is -1.82. The van der Waals surface area contributed by atoms with Gasteiger partial charge in [-0.1, -0.05) is 6.07 Å². The molecule has 0 unspecified atom stereocenters. The van der Waals surface area contributed by atoms with Gasteiger partial charge in [0.1, 0.15) is 5.82 Å². The van der Waals surface area contributed by atoms with Crippen molar-refractivity contribution in [2.24, 2.45) is 0 Å². The molecule has 1 aromatic heterocycles. The van der Waals surface area contributed by atoms with Gasteiger partial charge in [0, 0.05) is 13.7 Å². The van der Waals surface area contributed by atoms with Crippen LogP contribution in [0.4, 0.5) is 10.6 Å². The molecule has 0 fully saturated rings. The van der Waals surface area contributed by atoms with Crippen LogP contribution in [0.25, 0.3) is 0 Å². The summed E-state index contributed by atoms with van der Waals surface area (Å²) in [5.74, 6) is 0.444. The lowest BCUT2D eigenvalue weighted by Gasteiger charge is -2.06. The predicted molar refractivity (Wildman–Crippen MR) is 60.8 cm³/mol. The number of nitrogens with two attached hydrogens (primary N) is 1. The molecule has 6 heteroatoms. The molecule has 0 atom stereocenters. The van der Waals surface area contributed by atoms with Crippen molar-refractivity contribution in [3.8, 4) is 0 Å². The van der Waals surface area contributed by atoms with Crippen LogP contribution in [0.2, 0.25) is 0 Å². The number of nitrogens with zero attached hydrogens (tertiary/aromatic N) is 1. The maximum Gasteiger partial charge on any atom is 0.315 e. The van der Waals surface area contributed by atoms with Gasteiger partial charge in [0.2, 0.25) is 0 Å². The summed E-state index contributed by atoms with van der Waals surface area (Å²) in [7, 11) is 1.58. The molecule has 1 heterocycles. The number of hydrogen-bond donors (Lipinski definition) is 3. The van der Waals surface area contributed by atoms with Crippen molar-refractivity contribution >= 4 is 11.8 Å². The Morgan fingerprint density at radius 1 is 1.50 bits per heavy atom. The maximum absolute atomic E-state index is 11.2. The van der Waals surface area contributed by atoms with E-state index in [1.807, 2.05) is 0 Å². The standard InChI is InChI=1S/C10H16N4O2/c1-16-6-5-12-10(15)13-7-8-3-2-4-9(11)14-8/h2-4H,5-7H2,1H3,(H2,11,14)(H2,12,13,15). The summed E-state index contributed by atoms with van der Waals surface area (Å²) >= 11 is 0. The van der Waals surface area contributed by atoms with Gasteiger partial charge >= 0.3 is 6.03 Å². The number of urea groups is 1. The first-order valence-corrected chi connectivity index (χ1v) is 4.94. The van der Waals surface area contributed by atoms with Gasteiger partial charge in [0.05, 0.1) is 18.8 Å². The van der Waals surface area contributed by atoms with E-state index >= 15 is 0 Å². The minimum atomic E-state index is -0.249. The number of methoxy groups -OCH3 is 1. The van der Waals surface area contributed by atoms with E-state index in [9.17, 15) is 4.79 Å². The molecule has 1 rings (SSSR count). The van der Waals surface area contributed by atoms with Crippen molar-refractivity contribution in [1.29, 1.82) is 0 Å². The number of aromatic nitrogens is 1. The first-order chi connectivity index (χ1) is 7.72. The Labute approximate surface area is 94.2 Å². The van der Waals surface area contributed by atoms with Gasteiger partial charge in [-0.3, -0.25) is 0 Å². The third kappa shape index (κ3) is 4.61. The van der Waals surface area contributed by atoms with Gasteiger partial charge in [-0.05, 0) is 12.1 Å². The number of pyridine rings is 1. The SMILES string of the molecule is COCCNC(=O)NCc1cccc(N)n1. The molecule has 4 N–H and O–H groups in total. The van der Waals surface area contributed by atoms with Crippen LogP contribution in [0.3, 0.4) is 0 Å². The van der Waals surface area contributed by atoms with E-state index in [2.05, 4.69) is 15.6 Å². The molecular weight excluding hydrogens is 208 g/mol. The number of rotatable bonds is 5. The van der Waals surface area contributed by atoms with Crippen LogP contribution in [0.1, 0.15) is 5.69 Å². The van der Waals surface area contributed by atoms with Crippen LogP contribution < -0.4 is 16.4 Å². The Balaban J connectivity index is 2.26. The third-order valence-electron chi connectivity index (χ3n) is 1.85. The number of nitrogen functional groups attached to an aromatic ring is 1. The highest BCUT2D eigenvalue weighted by Crippen LogP contribution is 1.99. The highest BCUT2D eigenvalue weighted by Gasteiger charge is 2.00. The lowest BCUT2D eigenvalue weighted by Crippen LogP contribution is -2.36. The number of hydrogen-bond acceptors (Lipinski definition) is 4. The molecule has 0 aliphatic carbocycles. The zero-order valence-corrected chi connectivity index (χ0v) is 9.19. The Morgan fingerprint density at radius 2 is 2.31 bits per heavy atom. The highest BCUT2D eigenvalue weighted by molar-refractivity contribution is 5.73. The number of carbonyl (C=O) groups is 1. The summed E-state index contributed by atoms with van der Waals surface area (Å²) in [5, 5.41) is 5.30. The van der Waals surface area contributed by atoms with Crippen LogP contribution in [0.15, 0.2) is 18.2 Å². The van der Waals surface area contributed by atoms with E-state index in [1.165, 1.54) is 0 Å². The van der Waals surface area contributed by atoms with E-state index < -0.39 is 0 Å². The van der Waals surface area contributed by atoms with Gasteiger partial charge in [-0.25, -0.2) is 9.78 Å². The van der Waals surface area contributed by atoms with Crippen LogP contribution in [-0.4, -0.2) is 31.3 Å². The van der Waals surface area contributed by atoms with E-state index in [0.717, 1.165) is 5.69 Å². The predicted octanol–water partition coefficient (Wildman–Crippen LogP) is 0.109. The average Bonchev–Trinajstić information content (AvgIpc) is 2.27. The molecule has 0 saturated carbocycles. The minimum absolute atomic E-state index is 0.249. The maximum atomic E-state index is 11.2. The first kappa shape index (κ1) is 12.3. The largest absolute Gasteiger partial charge is 0.384 e. The summed E-state index contributed by atoms with van der Waals surface area (Å²) in [5.41, 5.74) is 6.23. The molecule has 6 nitrogen and oxygen atoms in total. The van der Waals surface area contributed by atoms with E-state index in [4.69, 9.17) is 10.5 Å². The zero-order chi connectivity index (χ0) is 11.8. The van der Waals surface area contributed by atoms with Crippen LogP contribution >= 0.6 is 0 Å². The molecule has 0 aromatic carbocycles. The topological polar surface area (TPSA) is 89.3 Å². The van der Waals surface area contributed by atoms with Crippen molar-refractivity contribution in [2.45, 2.75) is 6.54 Å². The second-order valence-corrected chi connectivity index (χ2v) is 3.16. The summed E-state index contributed by atoms with van der Waals surface area (Å²) in [6.07, 6.45) is 0. The molecule has 16 heavy (non-hydrogen) atoms. The summed E-state index contributed by atoms with van der Waals surface area (Å²) in [4.78, 5) is 15.3. The van der Waals surface area contributed by atoms with E-state index in [1.54, 1.807) is 25.3 Å². The lowest BCUT2D eigenvalue weighted by molar-refractivity contribution is 0.196. The molecule has 2 amide bonds. The van der Waals surface area contributed by atoms with Gasteiger partial charge in [-0.15, -0.1) is 0 Å². The van der Waals surface area contributed by atoms with Crippen LogP contribution in [0, 0.1) is 0 Å². The quantitative estimate of drug-likeness (QED) is 0.619. The normalized spacial score (nSPS) is 9.81. The van der Waals surface area contributed by atoms with E-state index in [0.29, 0.717) is 25.5 Å². The molecule has 0 aliphatic heterocycles. The second-order valence-electron chi connectivity index (χ2n) is 3.16. The molecule has 0 spiro atoms. The second kappa shape index (κ2) is 6.62. The fraction of sp³-hybridized carbons (Fsp3) is 0.400. The number of ether oxygens (including phenoxy) is 1. The van der Waals surface area contributed by atoms with Gasteiger partial charge in [-0.2, -0.15) is 0 Å². The zero-order valence-electron chi connectivity index (χ0n) is 9.19. The van der Waals surface area contributed by atoms with Gasteiger partial charge in [0.15, 0.2) is 0 Å². The molecule has 0 radical (unpaired) electrons. The average molecular weight is 224 g/mol. The fourth-order valence-corrected chi connectivity index (χ4v) is 1.10. The number of carbonyl (C=O) groups excluding carboxylic acids is 1. The van der Waals surface area contributed by atoms with Crippen molar-refractivity contribution < 1.29 is 9.53 Å². The van der Waals surface area contributed by atoms with Crippen molar-refractivity contribution in [2.75, 3.05) is 26.0 Å². The molecule has 0 bridgehead atoms. The van der Waals surface area contributed by atoms with Crippen molar-refractivity contribution in [1.82, 2.24) is 15.6 Å². The first-order valence-electron chi connectivity index (χ1n) is 4.94. The molecule has 88 valence electrons. The van der Waals surface area contributed by atoms with Crippen LogP contribution in [-0.2, 0) is 11.3 Å². The lowest BCUT2D eigenvalue weighted by atomic mass is 10.3. The Kier molecular flexibility index (Phi) is 5.07. The number of nitrogens with one attached hydrogen (secondary N) is 2. The summed E-state index contributed by atoms with van der Waals surface area (Å²) in [6.45, 7) is 1.32. The number of anilines is 1. The van der Waals surface area contributed by atoms with Gasteiger partial charge < -0.3 is 21.1 Å². The van der Waals surface area contributed by atoms with Crippen LogP contribution in [0.5, 0.6) is 0 Å². The molecular formula is C10H16N4O2. The monoisotopic (exact) mass is 224 g/mol. The highest BCUT2D eigenvalue weighted by atomic mass is 16.5. The molecule has 0 saturated heterocycles.